The number of nitrogens with zero attached hydrogens (tertiary/aromatic N) is 2. The van der Waals surface area contributed by atoms with Crippen molar-refractivity contribution in [1.82, 2.24) is 9.55 Å². The molecule has 0 saturated heterocycles. The second-order valence-electron chi connectivity index (χ2n) is 4.08. The van der Waals surface area contributed by atoms with Gasteiger partial charge in [-0.1, -0.05) is 12.1 Å². The summed E-state index contributed by atoms with van der Waals surface area (Å²) >= 11 is 3.19. The number of hydrogen-bond acceptors (Lipinski definition) is 2. The monoisotopic (exact) mass is 310 g/mol. The van der Waals surface area contributed by atoms with Crippen LogP contribution in [0.1, 0.15) is 17.1 Å². The van der Waals surface area contributed by atoms with Crippen LogP contribution in [0.4, 0.5) is 4.39 Å². The number of rotatable bonds is 2. The van der Waals surface area contributed by atoms with Crippen LogP contribution in [0.3, 0.4) is 0 Å². The van der Waals surface area contributed by atoms with Crippen LogP contribution in [0.2, 0.25) is 0 Å². The van der Waals surface area contributed by atoms with E-state index in [-0.39, 0.29) is 11.4 Å². The lowest BCUT2D eigenvalue weighted by Gasteiger charge is -2.11. The Hall–Kier alpha value is -1.49. The summed E-state index contributed by atoms with van der Waals surface area (Å²) in [5, 5.41) is 0. The van der Waals surface area contributed by atoms with Crippen molar-refractivity contribution in [2.45, 2.75) is 20.4 Å². The van der Waals surface area contributed by atoms with Crippen molar-refractivity contribution in [2.24, 2.45) is 0 Å². The van der Waals surface area contributed by atoms with E-state index in [1.807, 2.05) is 0 Å². The van der Waals surface area contributed by atoms with Crippen molar-refractivity contribution in [1.29, 1.82) is 0 Å². The van der Waals surface area contributed by atoms with Crippen molar-refractivity contribution in [3.8, 4) is 0 Å². The minimum absolute atomic E-state index is 0.129. The van der Waals surface area contributed by atoms with Gasteiger partial charge in [0.05, 0.1) is 11.0 Å². The fourth-order valence-corrected chi connectivity index (χ4v) is 2.19. The largest absolute Gasteiger partial charge is 0.292 e. The van der Waals surface area contributed by atoms with Gasteiger partial charge >= 0.3 is 0 Å². The molecule has 3 nitrogen and oxygen atoms in total. The molecule has 0 bridgehead atoms. The van der Waals surface area contributed by atoms with Gasteiger partial charge in [0.2, 0.25) is 0 Å². The molecule has 1 heterocycles. The lowest BCUT2D eigenvalue weighted by atomic mass is 10.2. The molecule has 1 aromatic heterocycles. The zero-order chi connectivity index (χ0) is 13.3. The van der Waals surface area contributed by atoms with Crippen LogP contribution in [-0.4, -0.2) is 9.55 Å². The third kappa shape index (κ3) is 2.51. The molecule has 0 radical (unpaired) electrons. The molecule has 0 aliphatic heterocycles. The molecule has 0 N–H and O–H groups in total. The van der Waals surface area contributed by atoms with Crippen LogP contribution in [0.5, 0.6) is 0 Å². The van der Waals surface area contributed by atoms with Crippen LogP contribution in [0.15, 0.2) is 33.5 Å². The van der Waals surface area contributed by atoms with Crippen LogP contribution in [-0.2, 0) is 6.54 Å². The Morgan fingerprint density at radius 1 is 1.39 bits per heavy atom. The Bertz CT molecular complexity index is 652. The van der Waals surface area contributed by atoms with Crippen molar-refractivity contribution in [3.63, 3.8) is 0 Å². The van der Waals surface area contributed by atoms with E-state index in [0.29, 0.717) is 28.1 Å². The highest BCUT2D eigenvalue weighted by atomic mass is 79.9. The van der Waals surface area contributed by atoms with Gasteiger partial charge in [-0.05, 0) is 41.4 Å². The van der Waals surface area contributed by atoms with Crippen LogP contribution in [0, 0.1) is 19.7 Å². The molecule has 94 valence electrons. The quantitative estimate of drug-likeness (QED) is 0.855. The smallest absolute Gasteiger partial charge is 0.254 e. The summed E-state index contributed by atoms with van der Waals surface area (Å²) in [5.41, 5.74) is 1.27. The molecule has 0 unspecified atom stereocenters. The first-order valence-electron chi connectivity index (χ1n) is 5.47. The lowest BCUT2D eigenvalue weighted by molar-refractivity contribution is 0.612. The van der Waals surface area contributed by atoms with E-state index in [2.05, 4.69) is 20.9 Å². The summed E-state index contributed by atoms with van der Waals surface area (Å²) in [4.78, 5) is 16.1. The van der Waals surface area contributed by atoms with E-state index >= 15 is 0 Å². The second kappa shape index (κ2) is 5.02. The maximum Gasteiger partial charge on any atom is 0.254 e. The normalized spacial score (nSPS) is 10.7. The van der Waals surface area contributed by atoms with Gasteiger partial charge in [0, 0.05) is 11.8 Å². The zero-order valence-electron chi connectivity index (χ0n) is 10.1. The van der Waals surface area contributed by atoms with Crippen LogP contribution in [0.25, 0.3) is 0 Å². The molecule has 2 aromatic rings. The molecule has 1 aromatic carbocycles. The van der Waals surface area contributed by atoms with Gasteiger partial charge in [0.15, 0.2) is 0 Å². The van der Waals surface area contributed by atoms with Crippen LogP contribution < -0.4 is 5.56 Å². The predicted molar refractivity (Wildman–Crippen MR) is 71.2 cm³/mol. The average molecular weight is 311 g/mol. The van der Waals surface area contributed by atoms with Crippen molar-refractivity contribution < 1.29 is 4.39 Å². The first-order chi connectivity index (χ1) is 8.49. The summed E-state index contributed by atoms with van der Waals surface area (Å²) in [6.45, 7) is 3.84. The third-order valence-corrected chi connectivity index (χ3v) is 3.58. The van der Waals surface area contributed by atoms with Gasteiger partial charge in [-0.2, -0.15) is 0 Å². The van der Waals surface area contributed by atoms with Crippen molar-refractivity contribution in [2.75, 3.05) is 0 Å². The van der Waals surface area contributed by atoms with Gasteiger partial charge in [-0.3, -0.25) is 9.36 Å². The lowest BCUT2D eigenvalue weighted by Crippen LogP contribution is -2.24. The number of aromatic nitrogens is 2. The van der Waals surface area contributed by atoms with E-state index in [0.717, 1.165) is 0 Å². The SMILES string of the molecule is Cc1cc(=O)n(Cc2cccc(F)c2Br)c(C)n1. The number of benzene rings is 1. The van der Waals surface area contributed by atoms with Crippen molar-refractivity contribution in [3.05, 3.63) is 62.0 Å². The molecule has 5 heteroatoms. The second-order valence-corrected chi connectivity index (χ2v) is 4.88. The molecule has 0 spiro atoms. The number of hydrogen-bond donors (Lipinski definition) is 0. The Labute approximate surface area is 112 Å². The molecular weight excluding hydrogens is 299 g/mol. The van der Waals surface area contributed by atoms with Crippen LogP contribution >= 0.6 is 15.9 Å². The first kappa shape index (κ1) is 13.0. The molecule has 0 fully saturated rings. The molecular formula is C13H12BrFN2O. The highest BCUT2D eigenvalue weighted by molar-refractivity contribution is 9.10. The summed E-state index contributed by atoms with van der Waals surface area (Å²) in [6, 6.07) is 6.24. The molecule has 0 amide bonds. The highest BCUT2D eigenvalue weighted by Crippen LogP contribution is 2.21. The van der Waals surface area contributed by atoms with Gasteiger partial charge in [0.1, 0.15) is 11.6 Å². The molecule has 2 rings (SSSR count). The average Bonchev–Trinajstić information content (AvgIpc) is 2.28. The molecule has 18 heavy (non-hydrogen) atoms. The van der Waals surface area contributed by atoms with Gasteiger partial charge < -0.3 is 0 Å². The Morgan fingerprint density at radius 2 is 2.11 bits per heavy atom. The van der Waals surface area contributed by atoms with E-state index in [1.165, 1.54) is 16.7 Å². The summed E-state index contributed by atoms with van der Waals surface area (Å²) in [6.07, 6.45) is 0. The Morgan fingerprint density at radius 3 is 2.78 bits per heavy atom. The highest BCUT2D eigenvalue weighted by Gasteiger charge is 2.09. The minimum atomic E-state index is -0.335. The summed E-state index contributed by atoms with van der Waals surface area (Å²) in [7, 11) is 0. The maximum absolute atomic E-state index is 13.4. The van der Waals surface area contributed by atoms with Gasteiger partial charge in [-0.25, -0.2) is 9.37 Å². The first-order valence-corrected chi connectivity index (χ1v) is 6.26. The van der Waals surface area contributed by atoms with E-state index in [1.54, 1.807) is 26.0 Å². The molecule has 0 aliphatic rings. The molecule has 0 aliphatic carbocycles. The van der Waals surface area contributed by atoms with Gasteiger partial charge in [-0.15, -0.1) is 0 Å². The standard InChI is InChI=1S/C13H12BrFN2O/c1-8-6-12(18)17(9(2)16-8)7-10-4-3-5-11(15)13(10)14/h3-6H,7H2,1-2H3. The van der Waals surface area contributed by atoms with E-state index in [4.69, 9.17) is 0 Å². The number of aryl methyl sites for hydroxylation is 2. The molecule has 0 saturated carbocycles. The third-order valence-electron chi connectivity index (χ3n) is 2.69. The van der Waals surface area contributed by atoms with Crippen molar-refractivity contribution >= 4 is 15.9 Å². The minimum Gasteiger partial charge on any atom is -0.292 e. The van der Waals surface area contributed by atoms with E-state index in [9.17, 15) is 9.18 Å². The molecule has 0 atom stereocenters. The topological polar surface area (TPSA) is 34.9 Å². The predicted octanol–water partition coefficient (Wildman–Crippen LogP) is 2.81. The Balaban J connectivity index is 2.47. The van der Waals surface area contributed by atoms with E-state index < -0.39 is 0 Å². The summed E-state index contributed by atoms with van der Waals surface area (Å²) in [5.74, 6) is 0.287. The Kier molecular flexibility index (Phi) is 3.61. The number of halogens is 2. The fraction of sp³-hybridized carbons (Fsp3) is 0.231. The fourth-order valence-electron chi connectivity index (χ4n) is 1.80. The zero-order valence-corrected chi connectivity index (χ0v) is 11.7. The summed E-state index contributed by atoms with van der Waals surface area (Å²) < 4.78 is 15.3. The maximum atomic E-state index is 13.4. The van der Waals surface area contributed by atoms with Gasteiger partial charge in [0.25, 0.3) is 5.56 Å².